The van der Waals surface area contributed by atoms with Crippen LogP contribution in [0.2, 0.25) is 0 Å². The second-order valence-corrected chi connectivity index (χ2v) is 5.67. The third-order valence-electron chi connectivity index (χ3n) is 4.26. The van der Waals surface area contributed by atoms with E-state index in [1.807, 2.05) is 24.4 Å². The maximum absolute atomic E-state index is 6.42. The maximum Gasteiger partial charge on any atom is 0.0705 e. The van der Waals surface area contributed by atoms with E-state index in [2.05, 4.69) is 24.0 Å². The molecule has 1 saturated carbocycles. The molecule has 1 aliphatic carbocycles. The van der Waals surface area contributed by atoms with Crippen LogP contribution in [0.4, 0.5) is 0 Å². The van der Waals surface area contributed by atoms with Crippen molar-refractivity contribution in [2.45, 2.75) is 38.3 Å². The van der Waals surface area contributed by atoms with Gasteiger partial charge in [-0.1, -0.05) is 18.2 Å². The molecule has 106 valence electrons. The summed E-state index contributed by atoms with van der Waals surface area (Å²) in [5.41, 5.74) is 8.67. The number of hydrogen-bond donors (Lipinski definition) is 1. The molecule has 0 bridgehead atoms. The number of hydrogen-bond acceptors (Lipinski definition) is 3. The number of fused-ring (bicyclic) bond motifs is 1. The van der Waals surface area contributed by atoms with E-state index in [1.165, 1.54) is 10.9 Å². The molecule has 1 aliphatic rings. The van der Waals surface area contributed by atoms with Crippen LogP contribution in [-0.2, 0) is 4.74 Å². The van der Waals surface area contributed by atoms with Crippen molar-refractivity contribution in [3.05, 3.63) is 42.1 Å². The first-order valence-corrected chi connectivity index (χ1v) is 7.48. The second-order valence-electron chi connectivity index (χ2n) is 5.67. The quantitative estimate of drug-likeness (QED) is 0.905. The minimum Gasteiger partial charge on any atom is -0.378 e. The first-order valence-electron chi connectivity index (χ1n) is 7.48. The number of benzene rings is 1. The number of pyridine rings is 1. The van der Waals surface area contributed by atoms with E-state index in [-0.39, 0.29) is 6.04 Å². The van der Waals surface area contributed by atoms with Crippen LogP contribution in [0.3, 0.4) is 0 Å². The molecule has 0 spiro atoms. The average Bonchev–Trinajstić information content (AvgIpc) is 2.44. The highest BCUT2D eigenvalue weighted by molar-refractivity contribution is 5.82. The summed E-state index contributed by atoms with van der Waals surface area (Å²) in [4.78, 5) is 4.40. The Morgan fingerprint density at radius 1 is 1.30 bits per heavy atom. The van der Waals surface area contributed by atoms with Crippen molar-refractivity contribution in [2.24, 2.45) is 11.7 Å². The van der Waals surface area contributed by atoms with Crippen LogP contribution in [0.25, 0.3) is 10.9 Å². The van der Waals surface area contributed by atoms with Crippen LogP contribution in [-0.4, -0.2) is 17.7 Å². The highest BCUT2D eigenvalue weighted by Gasteiger charge is 2.31. The Balaban J connectivity index is 1.69. The largest absolute Gasteiger partial charge is 0.378 e. The first-order chi connectivity index (χ1) is 9.78. The molecule has 0 aliphatic heterocycles. The predicted molar refractivity (Wildman–Crippen MR) is 81.4 cm³/mol. The molecule has 1 heterocycles. The van der Waals surface area contributed by atoms with E-state index in [0.29, 0.717) is 12.0 Å². The summed E-state index contributed by atoms with van der Waals surface area (Å²) >= 11 is 0. The minimum absolute atomic E-state index is 0.0930. The standard InChI is InChI=1S/C17H22N2O/c1-2-20-13-9-12(10-13)11-16(18)14-5-3-7-17-15(14)6-4-8-19-17/h3-8,12-13,16H,2,9-11,18H2,1H3. The number of rotatable bonds is 5. The molecule has 0 radical (unpaired) electrons. The zero-order valence-corrected chi connectivity index (χ0v) is 12.0. The molecule has 3 rings (SSSR count). The second kappa shape index (κ2) is 5.90. The van der Waals surface area contributed by atoms with Crippen LogP contribution >= 0.6 is 0 Å². The van der Waals surface area contributed by atoms with E-state index in [0.717, 1.165) is 31.4 Å². The molecule has 0 amide bonds. The van der Waals surface area contributed by atoms with Gasteiger partial charge < -0.3 is 10.5 Å². The zero-order chi connectivity index (χ0) is 13.9. The molecule has 1 fully saturated rings. The van der Waals surface area contributed by atoms with E-state index in [1.54, 1.807) is 0 Å². The lowest BCUT2D eigenvalue weighted by Gasteiger charge is -2.36. The van der Waals surface area contributed by atoms with Gasteiger partial charge in [-0.3, -0.25) is 4.98 Å². The van der Waals surface area contributed by atoms with E-state index in [4.69, 9.17) is 10.5 Å². The van der Waals surface area contributed by atoms with Gasteiger partial charge in [0.15, 0.2) is 0 Å². The van der Waals surface area contributed by atoms with Gasteiger partial charge in [-0.2, -0.15) is 0 Å². The van der Waals surface area contributed by atoms with E-state index >= 15 is 0 Å². The summed E-state index contributed by atoms with van der Waals surface area (Å²) in [5, 5.41) is 1.18. The van der Waals surface area contributed by atoms with Gasteiger partial charge in [0.1, 0.15) is 0 Å². The summed E-state index contributed by atoms with van der Waals surface area (Å²) in [6, 6.07) is 10.4. The SMILES string of the molecule is CCOC1CC(CC(N)c2cccc3ncccc23)C1. The fourth-order valence-corrected chi connectivity index (χ4v) is 3.18. The van der Waals surface area contributed by atoms with Gasteiger partial charge in [-0.05, 0) is 49.8 Å². The van der Waals surface area contributed by atoms with Crippen LogP contribution in [0.15, 0.2) is 36.5 Å². The van der Waals surface area contributed by atoms with Crippen molar-refractivity contribution in [3.63, 3.8) is 0 Å². The number of aromatic nitrogens is 1. The lowest BCUT2D eigenvalue weighted by atomic mass is 9.77. The molecule has 20 heavy (non-hydrogen) atoms. The highest BCUT2D eigenvalue weighted by atomic mass is 16.5. The third-order valence-corrected chi connectivity index (χ3v) is 4.26. The smallest absolute Gasteiger partial charge is 0.0705 e. The van der Waals surface area contributed by atoms with Crippen molar-refractivity contribution in [1.82, 2.24) is 4.98 Å². The Morgan fingerprint density at radius 3 is 2.95 bits per heavy atom. The van der Waals surface area contributed by atoms with Gasteiger partial charge in [-0.15, -0.1) is 0 Å². The molecule has 3 heteroatoms. The number of ether oxygens (including phenoxy) is 1. The monoisotopic (exact) mass is 270 g/mol. The summed E-state index contributed by atoms with van der Waals surface area (Å²) in [7, 11) is 0. The highest BCUT2D eigenvalue weighted by Crippen LogP contribution is 2.37. The van der Waals surface area contributed by atoms with Crippen LogP contribution in [0, 0.1) is 5.92 Å². The minimum atomic E-state index is 0.0930. The molecule has 1 aromatic heterocycles. The molecule has 3 nitrogen and oxygen atoms in total. The number of nitrogens with two attached hydrogens (primary N) is 1. The fourth-order valence-electron chi connectivity index (χ4n) is 3.18. The van der Waals surface area contributed by atoms with E-state index < -0.39 is 0 Å². The fraction of sp³-hybridized carbons (Fsp3) is 0.471. The van der Waals surface area contributed by atoms with Gasteiger partial charge >= 0.3 is 0 Å². The molecule has 0 saturated heterocycles. The van der Waals surface area contributed by atoms with Crippen LogP contribution < -0.4 is 5.73 Å². The van der Waals surface area contributed by atoms with Crippen LogP contribution in [0.5, 0.6) is 0 Å². The van der Waals surface area contributed by atoms with Crippen molar-refractivity contribution >= 4 is 10.9 Å². The molecule has 2 N–H and O–H groups in total. The summed E-state index contributed by atoms with van der Waals surface area (Å²) in [6.45, 7) is 2.88. The van der Waals surface area contributed by atoms with Crippen molar-refractivity contribution in [2.75, 3.05) is 6.61 Å². The van der Waals surface area contributed by atoms with Crippen molar-refractivity contribution in [3.8, 4) is 0 Å². The van der Waals surface area contributed by atoms with Crippen LogP contribution in [0.1, 0.15) is 37.8 Å². The first kappa shape index (κ1) is 13.5. The molecule has 1 aromatic carbocycles. The predicted octanol–water partition coefficient (Wildman–Crippen LogP) is 3.44. The van der Waals surface area contributed by atoms with Crippen molar-refractivity contribution in [1.29, 1.82) is 0 Å². The Hall–Kier alpha value is -1.45. The summed E-state index contributed by atoms with van der Waals surface area (Å²) in [5.74, 6) is 0.702. The molecular weight excluding hydrogens is 248 g/mol. The average molecular weight is 270 g/mol. The lowest BCUT2D eigenvalue weighted by Crippen LogP contribution is -2.33. The van der Waals surface area contributed by atoms with E-state index in [9.17, 15) is 0 Å². The van der Waals surface area contributed by atoms with Crippen molar-refractivity contribution < 1.29 is 4.74 Å². The topological polar surface area (TPSA) is 48.1 Å². The number of nitrogens with zero attached hydrogens (tertiary/aromatic N) is 1. The molecule has 1 unspecified atom stereocenters. The molecule has 1 atom stereocenters. The Kier molecular flexibility index (Phi) is 3.99. The zero-order valence-electron chi connectivity index (χ0n) is 12.0. The molecule has 2 aromatic rings. The maximum atomic E-state index is 6.42. The Morgan fingerprint density at radius 2 is 2.15 bits per heavy atom. The summed E-state index contributed by atoms with van der Waals surface area (Å²) < 4.78 is 5.61. The normalized spacial score (nSPS) is 23.5. The van der Waals surface area contributed by atoms with Gasteiger partial charge in [-0.25, -0.2) is 0 Å². The van der Waals surface area contributed by atoms with Gasteiger partial charge in [0.25, 0.3) is 0 Å². The lowest BCUT2D eigenvalue weighted by molar-refractivity contribution is -0.0281. The third kappa shape index (κ3) is 2.69. The molecular formula is C17H22N2O. The van der Waals surface area contributed by atoms with Gasteiger partial charge in [0, 0.05) is 24.2 Å². The van der Waals surface area contributed by atoms with Gasteiger partial charge in [0.05, 0.1) is 11.6 Å². The summed E-state index contributed by atoms with van der Waals surface area (Å²) in [6.07, 6.45) is 5.65. The Bertz CT molecular complexity index is 573. The van der Waals surface area contributed by atoms with Gasteiger partial charge in [0.2, 0.25) is 0 Å². The Labute approximate surface area is 120 Å².